The molecule has 18 heavy (non-hydrogen) atoms. The molecule has 0 spiro atoms. The first-order valence-corrected chi connectivity index (χ1v) is 6.45. The predicted octanol–water partition coefficient (Wildman–Crippen LogP) is 3.45. The maximum atomic E-state index is 14.4. The number of hydrogen-bond donors (Lipinski definition) is 1. The van der Waals surface area contributed by atoms with Crippen molar-refractivity contribution in [1.82, 2.24) is 5.32 Å². The Kier molecular flexibility index (Phi) is 2.85. The Morgan fingerprint density at radius 3 is 2.11 bits per heavy atom. The van der Waals surface area contributed by atoms with Gasteiger partial charge < -0.3 is 5.32 Å². The fourth-order valence-corrected chi connectivity index (χ4v) is 3.26. The molecule has 1 aromatic carbocycles. The van der Waals surface area contributed by atoms with Gasteiger partial charge >= 0.3 is 0 Å². The molecule has 0 saturated carbocycles. The minimum absolute atomic E-state index is 0.0600. The van der Waals surface area contributed by atoms with Crippen LogP contribution in [0, 0.1) is 11.7 Å². The Morgan fingerprint density at radius 1 is 1.00 bits per heavy atom. The maximum absolute atomic E-state index is 14.4. The average molecular weight is 255 g/mol. The van der Waals surface area contributed by atoms with Crippen LogP contribution >= 0.6 is 0 Å². The van der Waals surface area contributed by atoms with Crippen molar-refractivity contribution < 1.29 is 13.2 Å². The third-order valence-corrected chi connectivity index (χ3v) is 4.21. The van der Waals surface area contributed by atoms with Crippen molar-refractivity contribution in [2.45, 2.75) is 43.7 Å². The molecule has 0 aromatic heterocycles. The number of nitrogens with one attached hydrogen (secondary N) is 1. The molecule has 98 valence electrons. The monoisotopic (exact) mass is 255 g/mol. The zero-order chi connectivity index (χ0) is 12.8. The van der Waals surface area contributed by atoms with Crippen molar-refractivity contribution in [2.24, 2.45) is 5.92 Å². The molecule has 0 amide bonds. The normalized spacial score (nSPS) is 31.6. The lowest BCUT2D eigenvalue weighted by atomic mass is 9.84. The number of hydrogen-bond acceptors (Lipinski definition) is 1. The van der Waals surface area contributed by atoms with E-state index in [9.17, 15) is 13.2 Å². The van der Waals surface area contributed by atoms with Gasteiger partial charge in [0.15, 0.2) is 0 Å². The topological polar surface area (TPSA) is 12.0 Å². The van der Waals surface area contributed by atoms with Crippen molar-refractivity contribution in [3.63, 3.8) is 0 Å². The Balaban J connectivity index is 1.83. The fraction of sp³-hybridized carbons (Fsp3) is 0.571. The van der Waals surface area contributed by atoms with Gasteiger partial charge in [-0.2, -0.15) is 0 Å². The first-order valence-electron chi connectivity index (χ1n) is 6.45. The smallest absolute Gasteiger partial charge is 0.276 e. The Bertz CT molecular complexity index is 417. The summed E-state index contributed by atoms with van der Waals surface area (Å²) in [5, 5.41) is 3.36. The highest BCUT2D eigenvalue weighted by molar-refractivity contribution is 5.22. The molecular formula is C14H16F3N. The van der Waals surface area contributed by atoms with Crippen molar-refractivity contribution in [2.75, 3.05) is 0 Å². The van der Waals surface area contributed by atoms with Crippen LogP contribution in [0.5, 0.6) is 0 Å². The summed E-state index contributed by atoms with van der Waals surface area (Å²) in [6.45, 7) is 0. The Hall–Kier alpha value is -1.03. The highest BCUT2D eigenvalue weighted by atomic mass is 19.3. The third-order valence-electron chi connectivity index (χ3n) is 4.21. The SMILES string of the molecule is Fc1ccc(C(F)(F)C2CC3CCC(C2)N3)cc1. The van der Waals surface area contributed by atoms with Gasteiger partial charge in [-0.25, -0.2) is 13.2 Å². The van der Waals surface area contributed by atoms with E-state index in [2.05, 4.69) is 5.32 Å². The molecule has 2 atom stereocenters. The minimum Gasteiger partial charge on any atom is -0.311 e. The zero-order valence-electron chi connectivity index (χ0n) is 10.0. The van der Waals surface area contributed by atoms with E-state index < -0.39 is 17.7 Å². The molecule has 1 nitrogen and oxygen atoms in total. The first-order chi connectivity index (χ1) is 8.55. The highest BCUT2D eigenvalue weighted by Crippen LogP contribution is 2.45. The summed E-state index contributed by atoms with van der Waals surface area (Å²) in [4.78, 5) is 0. The summed E-state index contributed by atoms with van der Waals surface area (Å²) in [6, 6.07) is 5.11. The Morgan fingerprint density at radius 2 is 1.56 bits per heavy atom. The van der Waals surface area contributed by atoms with E-state index in [4.69, 9.17) is 0 Å². The molecule has 0 aliphatic carbocycles. The van der Waals surface area contributed by atoms with E-state index in [1.165, 1.54) is 12.1 Å². The van der Waals surface area contributed by atoms with Crippen LogP contribution in [0.1, 0.15) is 31.2 Å². The Labute approximate surface area is 104 Å². The van der Waals surface area contributed by atoms with Crippen LogP contribution in [0.25, 0.3) is 0 Å². The summed E-state index contributed by atoms with van der Waals surface area (Å²) in [5.74, 6) is -3.95. The number of rotatable bonds is 2. The van der Waals surface area contributed by atoms with Crippen LogP contribution in [-0.4, -0.2) is 12.1 Å². The van der Waals surface area contributed by atoms with Gasteiger partial charge in [0.05, 0.1) is 0 Å². The molecule has 1 N–H and O–H groups in total. The number of piperidine rings is 1. The van der Waals surface area contributed by atoms with Gasteiger partial charge in [-0.05, 0) is 37.8 Å². The lowest BCUT2D eigenvalue weighted by Crippen LogP contribution is -2.43. The summed E-state index contributed by atoms with van der Waals surface area (Å²) in [6.07, 6.45) is 3.03. The van der Waals surface area contributed by atoms with E-state index in [1.807, 2.05) is 0 Å². The van der Waals surface area contributed by atoms with Crippen LogP contribution in [0.3, 0.4) is 0 Å². The lowest BCUT2D eigenvalue weighted by Gasteiger charge is -2.34. The number of halogens is 3. The number of fused-ring (bicyclic) bond motifs is 2. The van der Waals surface area contributed by atoms with Crippen molar-refractivity contribution in [1.29, 1.82) is 0 Å². The molecular weight excluding hydrogens is 239 g/mol. The molecule has 2 saturated heterocycles. The van der Waals surface area contributed by atoms with Crippen LogP contribution in [-0.2, 0) is 5.92 Å². The van der Waals surface area contributed by atoms with Crippen molar-refractivity contribution in [3.05, 3.63) is 35.6 Å². The van der Waals surface area contributed by atoms with Crippen molar-refractivity contribution >= 4 is 0 Å². The van der Waals surface area contributed by atoms with E-state index in [-0.39, 0.29) is 17.6 Å². The summed E-state index contributed by atoms with van der Waals surface area (Å²) < 4.78 is 41.6. The van der Waals surface area contributed by atoms with E-state index in [0.29, 0.717) is 12.8 Å². The lowest BCUT2D eigenvalue weighted by molar-refractivity contribution is -0.0815. The van der Waals surface area contributed by atoms with Gasteiger partial charge in [-0.1, -0.05) is 12.1 Å². The molecule has 2 bridgehead atoms. The second-order valence-electron chi connectivity index (χ2n) is 5.44. The largest absolute Gasteiger partial charge is 0.311 e. The molecule has 2 aliphatic rings. The van der Waals surface area contributed by atoms with Crippen molar-refractivity contribution in [3.8, 4) is 0 Å². The fourth-order valence-electron chi connectivity index (χ4n) is 3.26. The summed E-state index contributed by atoms with van der Waals surface area (Å²) in [5.41, 5.74) is -0.0600. The molecule has 4 heteroatoms. The maximum Gasteiger partial charge on any atom is 0.276 e. The van der Waals surface area contributed by atoms with Gasteiger partial charge in [0, 0.05) is 23.6 Å². The number of benzene rings is 1. The minimum atomic E-state index is -2.85. The van der Waals surface area contributed by atoms with Crippen LogP contribution < -0.4 is 5.32 Å². The molecule has 2 heterocycles. The molecule has 2 unspecified atom stereocenters. The predicted molar refractivity (Wildman–Crippen MR) is 63.0 cm³/mol. The average Bonchev–Trinajstić information content (AvgIpc) is 2.68. The van der Waals surface area contributed by atoms with E-state index in [0.717, 1.165) is 25.0 Å². The second-order valence-corrected chi connectivity index (χ2v) is 5.44. The van der Waals surface area contributed by atoms with Gasteiger partial charge in [0.25, 0.3) is 5.92 Å². The first kappa shape index (κ1) is 12.0. The van der Waals surface area contributed by atoms with E-state index >= 15 is 0 Å². The molecule has 0 radical (unpaired) electrons. The van der Waals surface area contributed by atoms with Gasteiger partial charge in [-0.15, -0.1) is 0 Å². The third kappa shape index (κ3) is 2.03. The molecule has 2 fully saturated rings. The summed E-state index contributed by atoms with van der Waals surface area (Å²) in [7, 11) is 0. The number of alkyl halides is 2. The van der Waals surface area contributed by atoms with Crippen LogP contribution in [0.15, 0.2) is 24.3 Å². The molecule has 1 aromatic rings. The molecule has 3 rings (SSSR count). The highest BCUT2D eigenvalue weighted by Gasteiger charge is 2.47. The quantitative estimate of drug-likeness (QED) is 0.853. The second kappa shape index (κ2) is 4.26. The van der Waals surface area contributed by atoms with Gasteiger partial charge in [0.1, 0.15) is 5.82 Å². The van der Waals surface area contributed by atoms with Crippen LogP contribution in [0.2, 0.25) is 0 Å². The van der Waals surface area contributed by atoms with Gasteiger partial charge in [0.2, 0.25) is 0 Å². The summed E-state index contributed by atoms with van der Waals surface area (Å²) >= 11 is 0. The van der Waals surface area contributed by atoms with E-state index in [1.54, 1.807) is 0 Å². The standard InChI is InChI=1S/C14H16F3N/c15-11-3-1-9(2-4-11)14(16,17)10-7-12-5-6-13(8-10)18-12/h1-4,10,12-13,18H,5-8H2. The van der Waals surface area contributed by atoms with Crippen LogP contribution in [0.4, 0.5) is 13.2 Å². The van der Waals surface area contributed by atoms with Gasteiger partial charge in [-0.3, -0.25) is 0 Å². The molecule has 2 aliphatic heterocycles. The zero-order valence-corrected chi connectivity index (χ0v) is 10.0.